The summed E-state index contributed by atoms with van der Waals surface area (Å²) in [6.45, 7) is 7.40. The largest absolute Gasteiger partial charge is 0.370 e. The second kappa shape index (κ2) is 7.77. The summed E-state index contributed by atoms with van der Waals surface area (Å²) in [5.41, 5.74) is 3.56. The summed E-state index contributed by atoms with van der Waals surface area (Å²) in [6, 6.07) is 10.7. The maximum absolute atomic E-state index is 4.68. The normalized spacial score (nSPS) is 10.6. The number of nitrogens with one attached hydrogen (secondary N) is 1. The number of hydrogen-bond acceptors (Lipinski definition) is 3. The number of aromatic nitrogens is 2. The molecule has 0 unspecified atom stereocenters. The summed E-state index contributed by atoms with van der Waals surface area (Å²) >= 11 is 0. The van der Waals surface area contributed by atoms with Gasteiger partial charge < -0.3 is 5.32 Å². The van der Waals surface area contributed by atoms with Crippen molar-refractivity contribution in [3.63, 3.8) is 0 Å². The van der Waals surface area contributed by atoms with E-state index in [-0.39, 0.29) is 0 Å². The lowest BCUT2D eigenvalue weighted by Crippen LogP contribution is -2.05. The number of anilines is 1. The first-order valence-electron chi connectivity index (χ1n) is 7.98. The van der Waals surface area contributed by atoms with Crippen molar-refractivity contribution in [2.45, 2.75) is 46.5 Å². The van der Waals surface area contributed by atoms with Crippen LogP contribution in [0, 0.1) is 0 Å². The minimum absolute atomic E-state index is 0.850. The van der Waals surface area contributed by atoms with Crippen LogP contribution in [0.2, 0.25) is 0 Å². The van der Waals surface area contributed by atoms with Crippen molar-refractivity contribution in [1.29, 1.82) is 0 Å². The summed E-state index contributed by atoms with van der Waals surface area (Å²) in [5.74, 6) is 1.83. The third kappa shape index (κ3) is 4.28. The molecule has 0 radical (unpaired) electrons. The fourth-order valence-corrected chi connectivity index (χ4v) is 2.32. The van der Waals surface area contributed by atoms with E-state index in [0.717, 1.165) is 49.6 Å². The lowest BCUT2D eigenvalue weighted by Gasteiger charge is -2.10. The van der Waals surface area contributed by atoms with Crippen molar-refractivity contribution in [1.82, 2.24) is 9.97 Å². The predicted molar refractivity (Wildman–Crippen MR) is 89.6 cm³/mol. The molecule has 0 saturated carbocycles. The van der Waals surface area contributed by atoms with E-state index in [0.29, 0.717) is 0 Å². The Labute approximate surface area is 127 Å². The van der Waals surface area contributed by atoms with Crippen LogP contribution in [0.3, 0.4) is 0 Å². The Kier molecular flexibility index (Phi) is 5.73. The quantitative estimate of drug-likeness (QED) is 0.814. The van der Waals surface area contributed by atoms with Crippen molar-refractivity contribution in [3.8, 4) is 11.3 Å². The molecule has 112 valence electrons. The molecule has 1 aromatic heterocycles. The fourth-order valence-electron chi connectivity index (χ4n) is 2.32. The van der Waals surface area contributed by atoms with Crippen LogP contribution in [0.25, 0.3) is 11.3 Å². The van der Waals surface area contributed by atoms with Crippen molar-refractivity contribution >= 4 is 5.82 Å². The highest BCUT2D eigenvalue weighted by atomic mass is 15.0. The van der Waals surface area contributed by atoms with Gasteiger partial charge in [-0.25, -0.2) is 9.97 Å². The molecule has 0 bridgehead atoms. The van der Waals surface area contributed by atoms with Gasteiger partial charge in [0, 0.05) is 24.6 Å². The van der Waals surface area contributed by atoms with Gasteiger partial charge in [-0.2, -0.15) is 0 Å². The molecule has 0 spiro atoms. The number of aryl methyl sites for hydroxylation is 2. The Bertz CT molecular complexity index is 578. The van der Waals surface area contributed by atoms with E-state index >= 15 is 0 Å². The fraction of sp³-hybridized carbons (Fsp3) is 0.444. The zero-order valence-electron chi connectivity index (χ0n) is 13.3. The van der Waals surface area contributed by atoms with Gasteiger partial charge >= 0.3 is 0 Å². The van der Waals surface area contributed by atoms with Crippen molar-refractivity contribution in [2.24, 2.45) is 0 Å². The highest BCUT2D eigenvalue weighted by molar-refractivity contribution is 5.63. The molecule has 0 fully saturated rings. The highest BCUT2D eigenvalue weighted by Gasteiger charge is 2.06. The second-order valence-corrected chi connectivity index (χ2v) is 5.29. The molecule has 0 saturated heterocycles. The molecule has 0 aliphatic rings. The van der Waals surface area contributed by atoms with Crippen molar-refractivity contribution < 1.29 is 0 Å². The number of hydrogen-bond donors (Lipinski definition) is 1. The SMILES string of the molecule is CCCNc1cc(-c2cccc(CCC)c2)nc(CC)n1. The minimum Gasteiger partial charge on any atom is -0.370 e. The van der Waals surface area contributed by atoms with Gasteiger partial charge in [0.05, 0.1) is 5.69 Å². The molecule has 3 heteroatoms. The van der Waals surface area contributed by atoms with Crippen LogP contribution in [0.5, 0.6) is 0 Å². The van der Waals surface area contributed by atoms with Gasteiger partial charge in [0.2, 0.25) is 0 Å². The number of benzene rings is 1. The van der Waals surface area contributed by atoms with E-state index in [1.165, 1.54) is 11.1 Å². The van der Waals surface area contributed by atoms with E-state index in [1.54, 1.807) is 0 Å². The minimum atomic E-state index is 0.850. The highest BCUT2D eigenvalue weighted by Crippen LogP contribution is 2.22. The van der Waals surface area contributed by atoms with E-state index in [1.807, 2.05) is 0 Å². The van der Waals surface area contributed by atoms with Crippen molar-refractivity contribution in [3.05, 3.63) is 41.7 Å². The van der Waals surface area contributed by atoms with E-state index < -0.39 is 0 Å². The summed E-state index contributed by atoms with van der Waals surface area (Å²) < 4.78 is 0. The van der Waals surface area contributed by atoms with Crippen LogP contribution in [0.4, 0.5) is 5.82 Å². The van der Waals surface area contributed by atoms with Gasteiger partial charge in [0.1, 0.15) is 11.6 Å². The predicted octanol–water partition coefficient (Wildman–Crippen LogP) is 4.48. The van der Waals surface area contributed by atoms with Gasteiger partial charge in [-0.15, -0.1) is 0 Å². The van der Waals surface area contributed by atoms with Gasteiger partial charge in [-0.05, 0) is 24.5 Å². The molecular weight excluding hydrogens is 258 g/mol. The lowest BCUT2D eigenvalue weighted by atomic mass is 10.0. The van der Waals surface area contributed by atoms with E-state index in [4.69, 9.17) is 0 Å². The van der Waals surface area contributed by atoms with E-state index in [2.05, 4.69) is 66.4 Å². The Balaban J connectivity index is 2.35. The molecule has 21 heavy (non-hydrogen) atoms. The van der Waals surface area contributed by atoms with Gasteiger partial charge in [0.15, 0.2) is 0 Å². The second-order valence-electron chi connectivity index (χ2n) is 5.29. The maximum atomic E-state index is 4.68. The molecule has 0 aliphatic heterocycles. The molecule has 1 aromatic carbocycles. The average molecular weight is 283 g/mol. The molecule has 2 aromatic rings. The molecule has 0 amide bonds. The third-order valence-electron chi connectivity index (χ3n) is 3.41. The monoisotopic (exact) mass is 283 g/mol. The smallest absolute Gasteiger partial charge is 0.131 e. The van der Waals surface area contributed by atoms with Crippen LogP contribution in [-0.4, -0.2) is 16.5 Å². The Morgan fingerprint density at radius 2 is 1.86 bits per heavy atom. The van der Waals surface area contributed by atoms with Gasteiger partial charge in [-0.1, -0.05) is 45.4 Å². The summed E-state index contributed by atoms with van der Waals surface area (Å²) in [7, 11) is 0. The summed E-state index contributed by atoms with van der Waals surface area (Å²) in [5, 5.41) is 3.37. The first-order valence-corrected chi connectivity index (χ1v) is 7.98. The zero-order chi connectivity index (χ0) is 15.1. The zero-order valence-corrected chi connectivity index (χ0v) is 13.3. The first kappa shape index (κ1) is 15.5. The number of nitrogens with zero attached hydrogens (tertiary/aromatic N) is 2. The van der Waals surface area contributed by atoms with Gasteiger partial charge in [-0.3, -0.25) is 0 Å². The standard InChI is InChI=1S/C18H25N3/c1-4-8-14-9-7-10-15(12-14)16-13-18(19-11-5-2)21-17(6-3)20-16/h7,9-10,12-13H,4-6,8,11H2,1-3H3,(H,19,20,21). The Morgan fingerprint density at radius 3 is 2.57 bits per heavy atom. The number of rotatable bonds is 7. The van der Waals surface area contributed by atoms with Crippen LogP contribution in [-0.2, 0) is 12.8 Å². The average Bonchev–Trinajstić information content (AvgIpc) is 2.53. The molecular formula is C18H25N3. The Hall–Kier alpha value is -1.90. The van der Waals surface area contributed by atoms with Gasteiger partial charge in [0.25, 0.3) is 0 Å². The van der Waals surface area contributed by atoms with Crippen molar-refractivity contribution in [2.75, 3.05) is 11.9 Å². The van der Waals surface area contributed by atoms with Crippen LogP contribution >= 0.6 is 0 Å². The molecule has 1 N–H and O–H groups in total. The van der Waals surface area contributed by atoms with Crippen LogP contribution < -0.4 is 5.32 Å². The maximum Gasteiger partial charge on any atom is 0.131 e. The van der Waals surface area contributed by atoms with Crippen LogP contribution in [0.15, 0.2) is 30.3 Å². The molecule has 2 rings (SSSR count). The molecule has 1 heterocycles. The lowest BCUT2D eigenvalue weighted by molar-refractivity contribution is 0.915. The first-order chi connectivity index (χ1) is 10.3. The topological polar surface area (TPSA) is 37.8 Å². The molecule has 0 aliphatic carbocycles. The molecule has 3 nitrogen and oxygen atoms in total. The third-order valence-corrected chi connectivity index (χ3v) is 3.41. The van der Waals surface area contributed by atoms with E-state index in [9.17, 15) is 0 Å². The summed E-state index contributed by atoms with van der Waals surface area (Å²) in [4.78, 5) is 9.23. The summed E-state index contributed by atoms with van der Waals surface area (Å²) in [6.07, 6.45) is 4.22. The molecule has 0 atom stereocenters. The Morgan fingerprint density at radius 1 is 1.00 bits per heavy atom. The van der Waals surface area contributed by atoms with Crippen LogP contribution in [0.1, 0.15) is 45.0 Å².